The van der Waals surface area contributed by atoms with Crippen molar-refractivity contribution >= 4 is 28.9 Å². The van der Waals surface area contributed by atoms with Crippen molar-refractivity contribution in [2.75, 3.05) is 5.75 Å². The lowest BCUT2D eigenvalue weighted by Crippen LogP contribution is -2.26. The highest BCUT2D eigenvalue weighted by Gasteiger charge is 2.27. The van der Waals surface area contributed by atoms with E-state index < -0.39 is 11.4 Å². The van der Waals surface area contributed by atoms with Crippen LogP contribution in [0.15, 0.2) is 17.7 Å². The van der Waals surface area contributed by atoms with Gasteiger partial charge >= 0.3 is 5.97 Å². The van der Waals surface area contributed by atoms with E-state index >= 15 is 0 Å². The lowest BCUT2D eigenvalue weighted by atomic mass is 9.97. The normalized spacial score (nSPS) is 11.9. The highest BCUT2D eigenvalue weighted by Crippen LogP contribution is 2.29. The number of carbonyl (C=O) groups is 1. The summed E-state index contributed by atoms with van der Waals surface area (Å²) in [5.74, 6) is -0.382. The summed E-state index contributed by atoms with van der Waals surface area (Å²) in [5.41, 5.74) is 0.552. The van der Waals surface area contributed by atoms with Crippen LogP contribution in [0.3, 0.4) is 0 Å². The van der Waals surface area contributed by atoms with Crippen molar-refractivity contribution in [1.82, 2.24) is 19.9 Å². The minimum Gasteiger partial charge on any atom is -0.481 e. The number of rotatable bonds is 4. The SMILES string of the molecule is CC(C)(CSc1ncnc2nc[nH]c12)C(=O)O. The van der Waals surface area contributed by atoms with Crippen molar-refractivity contribution in [3.8, 4) is 0 Å². The summed E-state index contributed by atoms with van der Waals surface area (Å²) in [6.45, 7) is 3.38. The molecule has 0 saturated carbocycles. The molecule has 0 aliphatic carbocycles. The molecule has 0 aliphatic heterocycles. The van der Waals surface area contributed by atoms with Crippen LogP contribution in [0, 0.1) is 5.41 Å². The van der Waals surface area contributed by atoms with Crippen molar-refractivity contribution in [1.29, 1.82) is 0 Å². The smallest absolute Gasteiger partial charge is 0.309 e. The van der Waals surface area contributed by atoms with Crippen LogP contribution in [0.5, 0.6) is 0 Å². The van der Waals surface area contributed by atoms with Crippen LogP contribution in [-0.4, -0.2) is 36.8 Å². The largest absolute Gasteiger partial charge is 0.481 e. The molecule has 2 aromatic heterocycles. The van der Waals surface area contributed by atoms with Crippen LogP contribution in [-0.2, 0) is 4.79 Å². The number of carboxylic acid groups (broad SMARTS) is 1. The second-order valence-electron chi connectivity index (χ2n) is 4.26. The number of carboxylic acids is 1. The summed E-state index contributed by atoms with van der Waals surface area (Å²) in [6, 6.07) is 0. The summed E-state index contributed by atoms with van der Waals surface area (Å²) in [6.07, 6.45) is 2.98. The standard InChI is InChI=1S/C10H12N4O2S/c1-10(2,9(15)16)3-17-8-6-7(12-4-11-6)13-5-14-8/h4-5H,3H2,1-2H3,(H,15,16)(H,11,12,13,14). The maximum Gasteiger partial charge on any atom is 0.309 e. The number of hydrogen-bond acceptors (Lipinski definition) is 5. The van der Waals surface area contributed by atoms with Crippen LogP contribution < -0.4 is 0 Å². The van der Waals surface area contributed by atoms with Gasteiger partial charge in [0.1, 0.15) is 16.9 Å². The molecule has 0 aliphatic rings. The minimum absolute atomic E-state index is 0.438. The van der Waals surface area contributed by atoms with Crippen LogP contribution in [0.25, 0.3) is 11.2 Å². The minimum atomic E-state index is -0.820. The fourth-order valence-corrected chi connectivity index (χ4v) is 2.20. The molecule has 0 bridgehead atoms. The number of nitrogens with zero attached hydrogens (tertiary/aromatic N) is 3. The molecule has 7 heteroatoms. The zero-order valence-corrected chi connectivity index (χ0v) is 10.3. The number of fused-ring (bicyclic) bond motifs is 1. The fraction of sp³-hybridized carbons (Fsp3) is 0.400. The Hall–Kier alpha value is -1.63. The number of aliphatic carboxylic acids is 1. The molecule has 6 nitrogen and oxygen atoms in total. The summed E-state index contributed by atoms with van der Waals surface area (Å²) >= 11 is 1.39. The van der Waals surface area contributed by atoms with Gasteiger partial charge in [0, 0.05) is 5.75 Å². The van der Waals surface area contributed by atoms with E-state index in [1.165, 1.54) is 18.1 Å². The summed E-state index contributed by atoms with van der Waals surface area (Å²) in [5, 5.41) is 9.75. The Morgan fingerprint density at radius 1 is 1.47 bits per heavy atom. The summed E-state index contributed by atoms with van der Waals surface area (Å²) < 4.78 is 0. The predicted octanol–water partition coefficient (Wildman–Crippen LogP) is 1.56. The molecular weight excluding hydrogens is 240 g/mol. The first-order valence-electron chi connectivity index (χ1n) is 5.01. The van der Waals surface area contributed by atoms with Gasteiger partial charge in [0.25, 0.3) is 0 Å². The molecule has 17 heavy (non-hydrogen) atoms. The number of aromatic amines is 1. The van der Waals surface area contributed by atoms with Crippen LogP contribution in [0.1, 0.15) is 13.8 Å². The summed E-state index contributed by atoms with van der Waals surface area (Å²) in [4.78, 5) is 26.1. The van der Waals surface area contributed by atoms with Crippen molar-refractivity contribution < 1.29 is 9.90 Å². The molecule has 2 rings (SSSR count). The Bertz CT molecular complexity index is 552. The molecular formula is C10H12N4O2S. The average molecular weight is 252 g/mol. The van der Waals surface area contributed by atoms with Crippen molar-refractivity contribution in [2.45, 2.75) is 18.9 Å². The molecule has 2 aromatic rings. The molecule has 0 aromatic carbocycles. The lowest BCUT2D eigenvalue weighted by molar-refractivity contribution is -0.145. The molecule has 0 amide bonds. The third-order valence-corrected chi connectivity index (χ3v) is 3.79. The molecule has 0 unspecified atom stereocenters. The van der Waals surface area contributed by atoms with Crippen molar-refractivity contribution in [2.24, 2.45) is 5.41 Å². The Morgan fingerprint density at radius 2 is 2.24 bits per heavy atom. The second-order valence-corrected chi connectivity index (χ2v) is 5.22. The Balaban J connectivity index is 2.19. The summed E-state index contributed by atoms with van der Waals surface area (Å²) in [7, 11) is 0. The molecule has 90 valence electrons. The van der Waals surface area contributed by atoms with Crippen molar-refractivity contribution in [3.63, 3.8) is 0 Å². The van der Waals surface area contributed by atoms with Gasteiger partial charge in [0.05, 0.1) is 11.7 Å². The van der Waals surface area contributed by atoms with Gasteiger partial charge in [-0.2, -0.15) is 0 Å². The maximum atomic E-state index is 11.0. The van der Waals surface area contributed by atoms with Gasteiger partial charge in [0.15, 0.2) is 5.65 Å². The molecule has 0 fully saturated rings. The number of aromatic nitrogens is 4. The Morgan fingerprint density at radius 3 is 2.94 bits per heavy atom. The average Bonchev–Trinajstić information content (AvgIpc) is 2.74. The van der Waals surface area contributed by atoms with Gasteiger partial charge in [-0.3, -0.25) is 4.79 Å². The molecule has 0 saturated heterocycles. The van der Waals surface area contributed by atoms with Gasteiger partial charge < -0.3 is 10.1 Å². The number of thioether (sulfide) groups is 1. The van der Waals surface area contributed by atoms with E-state index in [-0.39, 0.29) is 0 Å². The van der Waals surface area contributed by atoms with Gasteiger partial charge in [-0.25, -0.2) is 15.0 Å². The quantitative estimate of drug-likeness (QED) is 0.633. The lowest BCUT2D eigenvalue weighted by Gasteiger charge is -2.17. The number of imidazole rings is 1. The van der Waals surface area contributed by atoms with Gasteiger partial charge in [-0.05, 0) is 13.8 Å². The van der Waals surface area contributed by atoms with E-state index in [9.17, 15) is 4.79 Å². The zero-order chi connectivity index (χ0) is 12.5. The van der Waals surface area contributed by atoms with Crippen molar-refractivity contribution in [3.05, 3.63) is 12.7 Å². The highest BCUT2D eigenvalue weighted by molar-refractivity contribution is 7.99. The highest BCUT2D eigenvalue weighted by atomic mass is 32.2. The van der Waals surface area contributed by atoms with E-state index in [2.05, 4.69) is 19.9 Å². The van der Waals surface area contributed by atoms with Gasteiger partial charge in [0.2, 0.25) is 0 Å². The van der Waals surface area contributed by atoms with E-state index in [0.717, 1.165) is 10.5 Å². The molecule has 0 atom stereocenters. The van der Waals surface area contributed by atoms with E-state index in [0.29, 0.717) is 11.4 Å². The van der Waals surface area contributed by atoms with Crippen LogP contribution in [0.4, 0.5) is 0 Å². The van der Waals surface area contributed by atoms with Crippen LogP contribution in [0.2, 0.25) is 0 Å². The molecule has 2 heterocycles. The number of nitrogens with one attached hydrogen (secondary N) is 1. The number of H-pyrrole nitrogens is 1. The first-order valence-corrected chi connectivity index (χ1v) is 5.99. The van der Waals surface area contributed by atoms with Gasteiger partial charge in [-0.15, -0.1) is 11.8 Å². The number of hydrogen-bond donors (Lipinski definition) is 2. The maximum absolute atomic E-state index is 11.0. The fourth-order valence-electron chi connectivity index (χ4n) is 1.16. The molecule has 0 spiro atoms. The predicted molar refractivity (Wildman–Crippen MR) is 63.8 cm³/mol. The molecule has 0 radical (unpaired) electrons. The third kappa shape index (κ3) is 2.38. The second kappa shape index (κ2) is 4.33. The Kier molecular flexibility index (Phi) is 3.01. The Labute approximate surface area is 102 Å². The first kappa shape index (κ1) is 11.8. The first-order chi connectivity index (χ1) is 8.00. The molecule has 2 N–H and O–H groups in total. The van der Waals surface area contributed by atoms with Gasteiger partial charge in [-0.1, -0.05) is 0 Å². The third-order valence-electron chi connectivity index (χ3n) is 2.34. The van der Waals surface area contributed by atoms with E-state index in [4.69, 9.17) is 5.11 Å². The van der Waals surface area contributed by atoms with E-state index in [1.807, 2.05) is 0 Å². The van der Waals surface area contributed by atoms with Crippen LogP contribution >= 0.6 is 11.8 Å². The topological polar surface area (TPSA) is 91.8 Å². The monoisotopic (exact) mass is 252 g/mol. The zero-order valence-electron chi connectivity index (χ0n) is 9.47. The van der Waals surface area contributed by atoms with E-state index in [1.54, 1.807) is 20.2 Å².